The van der Waals surface area contributed by atoms with E-state index in [9.17, 15) is 0 Å². The fourth-order valence-corrected chi connectivity index (χ4v) is 0.876. The summed E-state index contributed by atoms with van der Waals surface area (Å²) >= 11 is 0. The molecule has 1 heterocycles. The standard InChI is InChI=1S/C9H9N/c1-6-5-7(2)10-9(4)8(6)3/h3-5H,1-2H3. The van der Waals surface area contributed by atoms with Crippen molar-refractivity contribution in [2.75, 3.05) is 0 Å². The Labute approximate surface area is 62.1 Å². The zero-order valence-electron chi connectivity index (χ0n) is 6.18. The number of nitrogens with zero attached hydrogens (tertiary/aromatic N) is 1. The third kappa shape index (κ3) is 1.18. The van der Waals surface area contributed by atoms with E-state index in [0.29, 0.717) is 11.3 Å². The van der Waals surface area contributed by atoms with Gasteiger partial charge in [-0.15, -0.1) is 0 Å². The number of rotatable bonds is 0. The average Bonchev–Trinajstić information content (AvgIpc) is 1.82. The van der Waals surface area contributed by atoms with Crippen LogP contribution < -0.4 is 0 Å². The van der Waals surface area contributed by atoms with Crippen LogP contribution in [0.1, 0.15) is 22.5 Å². The van der Waals surface area contributed by atoms with Crippen molar-refractivity contribution in [2.45, 2.75) is 13.8 Å². The monoisotopic (exact) mass is 131 g/mol. The maximum absolute atomic E-state index is 5.56. The molecule has 1 rings (SSSR count). The Morgan fingerprint density at radius 2 is 1.90 bits per heavy atom. The van der Waals surface area contributed by atoms with E-state index in [0.717, 1.165) is 11.3 Å². The Hall–Kier alpha value is -0.850. The van der Waals surface area contributed by atoms with E-state index in [1.807, 2.05) is 19.9 Å². The molecule has 1 aromatic rings. The molecule has 0 saturated heterocycles. The second kappa shape index (κ2) is 2.41. The van der Waals surface area contributed by atoms with Crippen molar-refractivity contribution in [1.82, 2.24) is 4.98 Å². The third-order valence-electron chi connectivity index (χ3n) is 1.42. The first-order valence-corrected chi connectivity index (χ1v) is 3.10. The summed E-state index contributed by atoms with van der Waals surface area (Å²) in [6.07, 6.45) is 0. The molecule has 1 aromatic heterocycles. The normalized spacial score (nSPS) is 10.0. The fourth-order valence-electron chi connectivity index (χ4n) is 0.876. The van der Waals surface area contributed by atoms with Crippen molar-refractivity contribution in [3.8, 4) is 0 Å². The van der Waals surface area contributed by atoms with Gasteiger partial charge >= 0.3 is 0 Å². The summed E-state index contributed by atoms with van der Waals surface area (Å²) in [6.45, 7) is 14.9. The molecule has 0 N–H and O–H groups in total. The summed E-state index contributed by atoms with van der Waals surface area (Å²) in [4.78, 5) is 3.99. The summed E-state index contributed by atoms with van der Waals surface area (Å²) in [5, 5.41) is 0. The van der Waals surface area contributed by atoms with Crippen molar-refractivity contribution in [2.24, 2.45) is 0 Å². The second-order valence-electron chi connectivity index (χ2n) is 2.38. The molecule has 0 aliphatic rings. The van der Waals surface area contributed by atoms with Gasteiger partial charge in [0.25, 0.3) is 0 Å². The van der Waals surface area contributed by atoms with Crippen LogP contribution in [-0.2, 0) is 0 Å². The van der Waals surface area contributed by atoms with Gasteiger partial charge in [0.15, 0.2) is 0 Å². The van der Waals surface area contributed by atoms with E-state index in [2.05, 4.69) is 4.98 Å². The third-order valence-corrected chi connectivity index (χ3v) is 1.42. The van der Waals surface area contributed by atoms with Crippen LogP contribution in [0.2, 0.25) is 0 Å². The number of hydrogen-bond donors (Lipinski definition) is 0. The van der Waals surface area contributed by atoms with Crippen molar-refractivity contribution in [3.05, 3.63) is 42.4 Å². The van der Waals surface area contributed by atoms with Crippen molar-refractivity contribution in [1.29, 1.82) is 0 Å². The van der Waals surface area contributed by atoms with E-state index >= 15 is 0 Å². The van der Waals surface area contributed by atoms with Gasteiger partial charge in [0.2, 0.25) is 0 Å². The van der Waals surface area contributed by atoms with E-state index in [-0.39, 0.29) is 0 Å². The molecule has 10 heavy (non-hydrogen) atoms. The second-order valence-corrected chi connectivity index (χ2v) is 2.38. The van der Waals surface area contributed by atoms with Crippen LogP contribution in [0.25, 0.3) is 0 Å². The molecule has 0 aliphatic carbocycles. The highest BCUT2D eigenvalue weighted by molar-refractivity contribution is 5.35. The molecule has 0 aromatic carbocycles. The lowest BCUT2D eigenvalue weighted by Gasteiger charge is -2.03. The van der Waals surface area contributed by atoms with Crippen LogP contribution in [0.5, 0.6) is 0 Å². The minimum atomic E-state index is 0.428. The van der Waals surface area contributed by atoms with Crippen LogP contribution >= 0.6 is 0 Å². The smallest absolute Gasteiger partial charge is 0.0489 e. The molecule has 0 fully saturated rings. The maximum atomic E-state index is 5.56. The number of aromatic nitrogens is 1. The van der Waals surface area contributed by atoms with Crippen LogP contribution in [0.3, 0.4) is 0 Å². The van der Waals surface area contributed by atoms with E-state index in [1.165, 1.54) is 0 Å². The molecule has 0 aliphatic heterocycles. The van der Waals surface area contributed by atoms with Crippen LogP contribution in [0, 0.1) is 27.7 Å². The summed E-state index contributed by atoms with van der Waals surface area (Å²) in [6, 6.07) is 1.91. The van der Waals surface area contributed by atoms with Gasteiger partial charge in [-0.1, -0.05) is 0 Å². The maximum Gasteiger partial charge on any atom is 0.0489 e. The van der Waals surface area contributed by atoms with Crippen LogP contribution in [-0.4, -0.2) is 4.98 Å². The molecule has 0 bridgehead atoms. The number of pyridine rings is 1. The van der Waals surface area contributed by atoms with Crippen LogP contribution in [0.4, 0.5) is 0 Å². The lowest BCUT2D eigenvalue weighted by molar-refractivity contribution is 1.12. The molecular formula is C9H9N. The molecule has 0 amide bonds. The van der Waals surface area contributed by atoms with Crippen molar-refractivity contribution >= 4 is 0 Å². The molecule has 1 heteroatoms. The molecule has 0 atom stereocenters. The Kier molecular flexibility index (Phi) is 1.75. The Balaban J connectivity index is 3.31. The molecule has 0 saturated carbocycles. The zero-order valence-corrected chi connectivity index (χ0v) is 6.18. The van der Waals surface area contributed by atoms with Crippen molar-refractivity contribution in [3.63, 3.8) is 0 Å². The largest absolute Gasteiger partial charge is 0.258 e. The molecule has 0 unspecified atom stereocenters. The first-order valence-electron chi connectivity index (χ1n) is 3.10. The summed E-state index contributed by atoms with van der Waals surface area (Å²) in [5.41, 5.74) is 2.91. The highest BCUT2D eigenvalue weighted by Crippen LogP contribution is 2.10. The predicted molar refractivity (Wildman–Crippen MR) is 40.5 cm³/mol. The lowest BCUT2D eigenvalue weighted by Crippen LogP contribution is -1.92. The number of hydrogen-bond acceptors (Lipinski definition) is 1. The van der Waals surface area contributed by atoms with Gasteiger partial charge in [0.1, 0.15) is 0 Å². The van der Waals surface area contributed by atoms with E-state index < -0.39 is 0 Å². The van der Waals surface area contributed by atoms with Gasteiger partial charge < -0.3 is 0 Å². The van der Waals surface area contributed by atoms with Gasteiger partial charge in [0.05, 0.1) is 0 Å². The molecular weight excluding hydrogens is 122 g/mol. The average molecular weight is 131 g/mol. The SMILES string of the molecule is [CH]c1nc(C)cc(C)c1[CH]. The topological polar surface area (TPSA) is 12.9 Å². The predicted octanol–water partition coefficient (Wildman–Crippen LogP) is 1.82. The highest BCUT2D eigenvalue weighted by atomic mass is 14.7. The summed E-state index contributed by atoms with van der Waals surface area (Å²) in [7, 11) is 0. The number of aryl methyl sites for hydroxylation is 2. The Morgan fingerprint density at radius 3 is 2.40 bits per heavy atom. The summed E-state index contributed by atoms with van der Waals surface area (Å²) < 4.78 is 0. The van der Waals surface area contributed by atoms with Gasteiger partial charge in [-0.25, -0.2) is 0 Å². The quantitative estimate of drug-likeness (QED) is 0.523. The van der Waals surface area contributed by atoms with Gasteiger partial charge in [0, 0.05) is 25.2 Å². The van der Waals surface area contributed by atoms with Gasteiger partial charge in [-0.3, -0.25) is 4.98 Å². The molecule has 50 valence electrons. The first kappa shape index (κ1) is 7.26. The molecule has 0 spiro atoms. The Morgan fingerprint density at radius 1 is 1.30 bits per heavy atom. The van der Waals surface area contributed by atoms with E-state index in [4.69, 9.17) is 13.8 Å². The lowest BCUT2D eigenvalue weighted by atomic mass is 10.1. The molecule has 1 nitrogen and oxygen atoms in total. The summed E-state index contributed by atoms with van der Waals surface area (Å²) in [5.74, 6) is 0. The van der Waals surface area contributed by atoms with Gasteiger partial charge in [-0.05, 0) is 31.0 Å². The zero-order chi connectivity index (χ0) is 7.72. The Bertz CT molecular complexity index is 228. The van der Waals surface area contributed by atoms with Crippen LogP contribution in [0.15, 0.2) is 6.07 Å². The minimum absolute atomic E-state index is 0.428. The molecule has 4 radical (unpaired) electrons. The minimum Gasteiger partial charge on any atom is -0.258 e. The van der Waals surface area contributed by atoms with Crippen molar-refractivity contribution < 1.29 is 0 Å². The van der Waals surface area contributed by atoms with Gasteiger partial charge in [-0.2, -0.15) is 0 Å². The fraction of sp³-hybridized carbons (Fsp3) is 0.222. The first-order chi connectivity index (χ1) is 4.61. The highest BCUT2D eigenvalue weighted by Gasteiger charge is 1.98. The van der Waals surface area contributed by atoms with E-state index in [1.54, 1.807) is 0 Å².